The van der Waals surface area contributed by atoms with Crippen molar-refractivity contribution < 1.29 is 8.83 Å². The van der Waals surface area contributed by atoms with Crippen LogP contribution in [-0.2, 0) is 0 Å². The van der Waals surface area contributed by atoms with Crippen LogP contribution in [0.1, 0.15) is 23.6 Å². The zero-order valence-electron chi connectivity index (χ0n) is 14.6. The van der Waals surface area contributed by atoms with Gasteiger partial charge in [0.1, 0.15) is 0 Å². The molecular weight excluding hydrogens is 384 g/mol. The van der Waals surface area contributed by atoms with Gasteiger partial charge in [0, 0.05) is 16.1 Å². The molecule has 6 nitrogen and oxygen atoms in total. The third-order valence-electron chi connectivity index (χ3n) is 3.86. The van der Waals surface area contributed by atoms with Gasteiger partial charge in [0.2, 0.25) is 17.7 Å². The maximum absolute atomic E-state index is 5.90. The molecule has 4 rings (SSSR count). The summed E-state index contributed by atoms with van der Waals surface area (Å²) in [6, 6.07) is 15.2. The highest BCUT2D eigenvalue weighted by Gasteiger charge is 2.19. The summed E-state index contributed by atoms with van der Waals surface area (Å²) in [6.45, 7) is 3.98. The van der Waals surface area contributed by atoms with E-state index in [1.54, 1.807) is 12.1 Å². The molecule has 4 aromatic rings. The number of nitrogens with zero attached hydrogens (tertiary/aromatic N) is 4. The molecule has 27 heavy (non-hydrogen) atoms. The van der Waals surface area contributed by atoms with Crippen LogP contribution in [0.15, 0.2) is 62.6 Å². The molecule has 0 bridgehead atoms. The number of hydrogen-bond acceptors (Lipinski definition) is 7. The lowest BCUT2D eigenvalue weighted by Crippen LogP contribution is -1.88. The van der Waals surface area contributed by atoms with Gasteiger partial charge in [-0.2, -0.15) is 0 Å². The van der Waals surface area contributed by atoms with Crippen molar-refractivity contribution in [2.24, 2.45) is 0 Å². The molecule has 2 aromatic heterocycles. The summed E-state index contributed by atoms with van der Waals surface area (Å²) < 4.78 is 11.5. The largest absolute Gasteiger partial charge is 0.419 e. The Morgan fingerprint density at radius 1 is 0.815 bits per heavy atom. The molecule has 0 radical (unpaired) electrons. The first-order valence-corrected chi connectivity index (χ1v) is 9.51. The van der Waals surface area contributed by atoms with Crippen LogP contribution in [0, 0.1) is 6.92 Å². The van der Waals surface area contributed by atoms with E-state index < -0.39 is 0 Å². The number of aryl methyl sites for hydroxylation is 1. The molecule has 0 aliphatic carbocycles. The maximum Gasteiger partial charge on any atom is 0.277 e. The lowest BCUT2D eigenvalue weighted by molar-refractivity contribution is 0.461. The Bertz CT molecular complexity index is 1040. The van der Waals surface area contributed by atoms with Crippen LogP contribution < -0.4 is 0 Å². The van der Waals surface area contributed by atoms with Gasteiger partial charge in [-0.1, -0.05) is 41.1 Å². The molecule has 2 aromatic carbocycles. The number of thioether (sulfide) groups is 1. The van der Waals surface area contributed by atoms with E-state index in [9.17, 15) is 0 Å². The SMILES string of the molecule is Cc1ccc(-c2nnc([C@@H](C)Sc3nnc(-c4ccc(Cl)cc4)o3)o2)cc1. The fraction of sp³-hybridized carbons (Fsp3) is 0.158. The predicted octanol–water partition coefficient (Wildman–Crippen LogP) is 5.60. The summed E-state index contributed by atoms with van der Waals surface area (Å²) in [5.41, 5.74) is 2.88. The fourth-order valence-corrected chi connectivity index (χ4v) is 3.22. The van der Waals surface area contributed by atoms with Gasteiger partial charge in [-0.3, -0.25) is 0 Å². The average Bonchev–Trinajstić information content (AvgIpc) is 3.33. The van der Waals surface area contributed by atoms with E-state index in [1.165, 1.54) is 17.3 Å². The highest BCUT2D eigenvalue weighted by atomic mass is 35.5. The van der Waals surface area contributed by atoms with Gasteiger partial charge in [-0.25, -0.2) is 0 Å². The molecule has 0 aliphatic rings. The quantitative estimate of drug-likeness (QED) is 0.405. The van der Waals surface area contributed by atoms with E-state index in [1.807, 2.05) is 50.2 Å². The topological polar surface area (TPSA) is 77.8 Å². The first-order chi connectivity index (χ1) is 13.1. The first kappa shape index (κ1) is 17.8. The van der Waals surface area contributed by atoms with Crippen LogP contribution >= 0.6 is 23.4 Å². The average molecular weight is 399 g/mol. The molecule has 0 aliphatic heterocycles. The molecule has 136 valence electrons. The van der Waals surface area contributed by atoms with Gasteiger partial charge in [-0.05, 0) is 50.2 Å². The third-order valence-corrected chi connectivity index (χ3v) is 5.04. The van der Waals surface area contributed by atoms with Crippen molar-refractivity contribution in [3.8, 4) is 22.9 Å². The first-order valence-electron chi connectivity index (χ1n) is 8.25. The van der Waals surface area contributed by atoms with Crippen LogP contribution in [0.4, 0.5) is 0 Å². The summed E-state index contributed by atoms with van der Waals surface area (Å²) in [5, 5.41) is 17.4. The van der Waals surface area contributed by atoms with Crippen LogP contribution in [-0.4, -0.2) is 20.4 Å². The minimum atomic E-state index is -0.129. The van der Waals surface area contributed by atoms with Gasteiger partial charge in [-0.15, -0.1) is 20.4 Å². The Labute approximate surface area is 165 Å². The molecular formula is C19H15ClN4O2S. The van der Waals surface area contributed by atoms with Crippen molar-refractivity contribution in [3.63, 3.8) is 0 Å². The fourth-order valence-electron chi connectivity index (χ4n) is 2.38. The van der Waals surface area contributed by atoms with Crippen molar-refractivity contribution in [2.75, 3.05) is 0 Å². The van der Waals surface area contributed by atoms with Crippen LogP contribution in [0.2, 0.25) is 5.02 Å². The number of hydrogen-bond donors (Lipinski definition) is 0. The van der Waals surface area contributed by atoms with E-state index >= 15 is 0 Å². The number of benzene rings is 2. The monoisotopic (exact) mass is 398 g/mol. The molecule has 0 saturated heterocycles. The molecule has 0 saturated carbocycles. The summed E-state index contributed by atoms with van der Waals surface area (Å²) in [6.07, 6.45) is 0. The molecule has 0 unspecified atom stereocenters. The van der Waals surface area contributed by atoms with Crippen LogP contribution in [0.5, 0.6) is 0 Å². The van der Waals surface area contributed by atoms with Gasteiger partial charge in [0.15, 0.2) is 0 Å². The molecule has 0 fully saturated rings. The minimum absolute atomic E-state index is 0.129. The summed E-state index contributed by atoms with van der Waals surface area (Å²) in [7, 11) is 0. The highest BCUT2D eigenvalue weighted by molar-refractivity contribution is 7.99. The Hall–Kier alpha value is -2.64. The molecule has 2 heterocycles. The standard InChI is InChI=1S/C19H15ClN4O2S/c1-11-3-5-13(6-4-11)17-22-21-16(25-17)12(2)27-19-24-23-18(26-19)14-7-9-15(20)10-8-14/h3-10,12H,1-2H3/t12-/m1/s1. The van der Waals surface area contributed by atoms with Crippen LogP contribution in [0.3, 0.4) is 0 Å². The van der Waals surface area contributed by atoms with Gasteiger partial charge >= 0.3 is 0 Å². The summed E-state index contributed by atoms with van der Waals surface area (Å²) in [4.78, 5) is 0. The van der Waals surface area contributed by atoms with E-state index in [2.05, 4.69) is 20.4 Å². The molecule has 1 atom stereocenters. The Morgan fingerprint density at radius 2 is 1.41 bits per heavy atom. The molecule has 0 amide bonds. The second kappa shape index (κ2) is 7.54. The second-order valence-electron chi connectivity index (χ2n) is 5.95. The Kier molecular flexibility index (Phi) is 4.96. The number of rotatable bonds is 5. The highest BCUT2D eigenvalue weighted by Crippen LogP contribution is 2.35. The predicted molar refractivity (Wildman–Crippen MR) is 103 cm³/mol. The van der Waals surface area contributed by atoms with Gasteiger partial charge in [0.25, 0.3) is 5.22 Å². The Morgan fingerprint density at radius 3 is 2.11 bits per heavy atom. The minimum Gasteiger partial charge on any atom is -0.419 e. The lowest BCUT2D eigenvalue weighted by atomic mass is 10.1. The van der Waals surface area contributed by atoms with E-state index in [-0.39, 0.29) is 5.25 Å². The van der Waals surface area contributed by atoms with Crippen molar-refractivity contribution in [2.45, 2.75) is 24.3 Å². The van der Waals surface area contributed by atoms with Crippen molar-refractivity contribution in [1.82, 2.24) is 20.4 Å². The van der Waals surface area contributed by atoms with E-state index in [0.29, 0.717) is 27.9 Å². The zero-order chi connectivity index (χ0) is 18.8. The van der Waals surface area contributed by atoms with Crippen LogP contribution in [0.25, 0.3) is 22.9 Å². The molecule has 0 N–H and O–H groups in total. The lowest BCUT2D eigenvalue weighted by Gasteiger charge is -2.02. The van der Waals surface area contributed by atoms with Crippen molar-refractivity contribution in [3.05, 3.63) is 65.0 Å². The Balaban J connectivity index is 1.47. The number of aromatic nitrogens is 4. The maximum atomic E-state index is 5.90. The summed E-state index contributed by atoms with van der Waals surface area (Å²) >= 11 is 7.26. The van der Waals surface area contributed by atoms with E-state index in [4.69, 9.17) is 20.4 Å². The van der Waals surface area contributed by atoms with Crippen molar-refractivity contribution >= 4 is 23.4 Å². The molecule has 0 spiro atoms. The summed E-state index contributed by atoms with van der Waals surface area (Å²) in [5.74, 6) is 1.43. The van der Waals surface area contributed by atoms with Crippen molar-refractivity contribution in [1.29, 1.82) is 0 Å². The smallest absolute Gasteiger partial charge is 0.277 e. The van der Waals surface area contributed by atoms with E-state index in [0.717, 1.165) is 11.1 Å². The second-order valence-corrected chi connectivity index (χ2v) is 7.68. The number of halogens is 1. The third kappa shape index (κ3) is 4.04. The zero-order valence-corrected chi connectivity index (χ0v) is 16.2. The van der Waals surface area contributed by atoms with Gasteiger partial charge < -0.3 is 8.83 Å². The molecule has 8 heteroatoms. The normalized spacial score (nSPS) is 12.3. The van der Waals surface area contributed by atoms with Gasteiger partial charge in [0.05, 0.1) is 5.25 Å².